The Hall–Kier alpha value is -2.13. The van der Waals surface area contributed by atoms with E-state index < -0.39 is 10.0 Å². The summed E-state index contributed by atoms with van der Waals surface area (Å²) in [6, 6.07) is 5.19. The molecule has 25 heavy (non-hydrogen) atoms. The van der Waals surface area contributed by atoms with Crippen LogP contribution >= 0.6 is 0 Å². The lowest BCUT2D eigenvalue weighted by Crippen LogP contribution is -2.50. The first-order valence-electron chi connectivity index (χ1n) is 8.19. The lowest BCUT2D eigenvalue weighted by molar-refractivity contribution is 0.0698. The molecule has 0 aliphatic carbocycles. The number of carbonyl (C=O) groups excluding carboxylic acids is 1. The fraction of sp³-hybridized carbons (Fsp3) is 0.500. The second kappa shape index (κ2) is 6.30. The predicted molar refractivity (Wildman–Crippen MR) is 95.1 cm³/mol. The SMILES string of the molecule is CCS(=O)(=O)N1CCN(C(=O)c2ccc3c(c2)n(C)c(=O)n3C)CC1. The number of amides is 1. The van der Waals surface area contributed by atoms with Gasteiger partial charge in [0.1, 0.15) is 0 Å². The minimum Gasteiger partial charge on any atom is -0.336 e. The molecule has 9 heteroatoms. The van der Waals surface area contributed by atoms with Gasteiger partial charge >= 0.3 is 5.69 Å². The number of aromatic nitrogens is 2. The molecular formula is C16H22N4O4S. The third-order valence-corrected chi connectivity index (χ3v) is 6.68. The fourth-order valence-corrected chi connectivity index (χ4v) is 4.26. The highest BCUT2D eigenvalue weighted by Gasteiger charge is 2.28. The molecule has 1 saturated heterocycles. The number of hydrogen-bond acceptors (Lipinski definition) is 4. The molecule has 1 amide bonds. The van der Waals surface area contributed by atoms with Crippen molar-refractivity contribution in [3.63, 3.8) is 0 Å². The van der Waals surface area contributed by atoms with E-state index in [1.165, 1.54) is 13.4 Å². The van der Waals surface area contributed by atoms with Gasteiger partial charge in [0.2, 0.25) is 10.0 Å². The topological polar surface area (TPSA) is 84.6 Å². The average Bonchev–Trinajstić information content (AvgIpc) is 2.85. The van der Waals surface area contributed by atoms with E-state index >= 15 is 0 Å². The summed E-state index contributed by atoms with van der Waals surface area (Å²) >= 11 is 0. The molecule has 2 heterocycles. The van der Waals surface area contributed by atoms with Crippen molar-refractivity contribution in [2.75, 3.05) is 31.9 Å². The molecule has 136 valence electrons. The van der Waals surface area contributed by atoms with Crippen molar-refractivity contribution in [1.82, 2.24) is 18.3 Å². The summed E-state index contributed by atoms with van der Waals surface area (Å²) in [6.45, 7) is 2.97. The van der Waals surface area contributed by atoms with E-state index in [9.17, 15) is 18.0 Å². The molecular weight excluding hydrogens is 344 g/mol. The maximum absolute atomic E-state index is 12.7. The van der Waals surface area contributed by atoms with Crippen LogP contribution in [0.1, 0.15) is 17.3 Å². The van der Waals surface area contributed by atoms with Gasteiger partial charge in [-0.2, -0.15) is 4.31 Å². The van der Waals surface area contributed by atoms with Crippen LogP contribution in [0.5, 0.6) is 0 Å². The molecule has 0 N–H and O–H groups in total. The summed E-state index contributed by atoms with van der Waals surface area (Å²) in [6.07, 6.45) is 0. The van der Waals surface area contributed by atoms with E-state index in [-0.39, 0.29) is 17.3 Å². The number of aryl methyl sites for hydroxylation is 2. The van der Waals surface area contributed by atoms with E-state index in [4.69, 9.17) is 0 Å². The third-order valence-electron chi connectivity index (χ3n) is 4.80. The molecule has 1 fully saturated rings. The Balaban J connectivity index is 1.82. The first kappa shape index (κ1) is 17.7. The molecule has 8 nitrogen and oxygen atoms in total. The second-order valence-corrected chi connectivity index (χ2v) is 8.45. The van der Waals surface area contributed by atoms with E-state index in [0.717, 1.165) is 5.52 Å². The predicted octanol–water partition coefficient (Wildman–Crippen LogP) is -0.0155. The van der Waals surface area contributed by atoms with Crippen LogP contribution in [0.15, 0.2) is 23.0 Å². The number of fused-ring (bicyclic) bond motifs is 1. The van der Waals surface area contributed by atoms with Gasteiger partial charge in [0, 0.05) is 45.8 Å². The lowest BCUT2D eigenvalue weighted by atomic mass is 10.1. The normalized spacial score (nSPS) is 16.5. The summed E-state index contributed by atoms with van der Waals surface area (Å²) in [5.74, 6) is -0.0774. The monoisotopic (exact) mass is 366 g/mol. The molecule has 1 aliphatic heterocycles. The van der Waals surface area contributed by atoms with Gasteiger partial charge in [-0.1, -0.05) is 0 Å². The summed E-state index contributed by atoms with van der Waals surface area (Å²) < 4.78 is 28.3. The van der Waals surface area contributed by atoms with E-state index in [1.54, 1.807) is 44.1 Å². The van der Waals surface area contributed by atoms with Gasteiger partial charge in [-0.05, 0) is 25.1 Å². The summed E-state index contributed by atoms with van der Waals surface area (Å²) in [5, 5.41) is 0. The lowest BCUT2D eigenvalue weighted by Gasteiger charge is -2.33. The summed E-state index contributed by atoms with van der Waals surface area (Å²) in [7, 11) is 0.151. The van der Waals surface area contributed by atoms with Gasteiger partial charge in [-0.25, -0.2) is 13.2 Å². The molecule has 0 spiro atoms. The number of hydrogen-bond donors (Lipinski definition) is 0. The number of benzene rings is 1. The van der Waals surface area contributed by atoms with Crippen molar-refractivity contribution >= 4 is 27.0 Å². The Bertz CT molecular complexity index is 981. The van der Waals surface area contributed by atoms with E-state index in [1.807, 2.05) is 0 Å². The summed E-state index contributed by atoms with van der Waals surface area (Å²) in [5.41, 5.74) is 1.83. The molecule has 3 rings (SSSR count). The summed E-state index contributed by atoms with van der Waals surface area (Å²) in [4.78, 5) is 26.4. The number of imidazole rings is 1. The zero-order chi connectivity index (χ0) is 18.4. The Morgan fingerprint density at radius 1 is 1.04 bits per heavy atom. The van der Waals surface area contributed by atoms with Crippen LogP contribution in [-0.2, 0) is 24.1 Å². The van der Waals surface area contributed by atoms with Crippen LogP contribution < -0.4 is 5.69 Å². The number of sulfonamides is 1. The van der Waals surface area contributed by atoms with Crippen LogP contribution in [0.2, 0.25) is 0 Å². The average molecular weight is 366 g/mol. The molecule has 1 aliphatic rings. The van der Waals surface area contributed by atoms with E-state index in [0.29, 0.717) is 37.3 Å². The number of carbonyl (C=O) groups is 1. The number of piperazine rings is 1. The van der Waals surface area contributed by atoms with Crippen molar-refractivity contribution in [2.24, 2.45) is 14.1 Å². The Kier molecular flexibility index (Phi) is 4.46. The smallest absolute Gasteiger partial charge is 0.328 e. The van der Waals surface area contributed by atoms with Crippen LogP contribution in [0.25, 0.3) is 11.0 Å². The highest BCUT2D eigenvalue weighted by atomic mass is 32.2. The molecule has 0 saturated carbocycles. The Morgan fingerprint density at radius 2 is 1.64 bits per heavy atom. The first-order valence-corrected chi connectivity index (χ1v) is 9.79. The van der Waals surface area contributed by atoms with Gasteiger partial charge in [-0.3, -0.25) is 13.9 Å². The molecule has 0 bridgehead atoms. The Labute approximate surface area is 146 Å². The highest BCUT2D eigenvalue weighted by molar-refractivity contribution is 7.89. The van der Waals surface area contributed by atoms with Crippen LogP contribution in [-0.4, -0.2) is 64.6 Å². The molecule has 2 aromatic rings. The zero-order valence-electron chi connectivity index (χ0n) is 14.6. The Morgan fingerprint density at radius 3 is 2.24 bits per heavy atom. The van der Waals surface area contributed by atoms with Crippen molar-refractivity contribution in [2.45, 2.75) is 6.92 Å². The van der Waals surface area contributed by atoms with Crippen LogP contribution in [0, 0.1) is 0 Å². The fourth-order valence-electron chi connectivity index (χ4n) is 3.17. The van der Waals surface area contributed by atoms with Crippen molar-refractivity contribution in [3.8, 4) is 0 Å². The number of nitrogens with zero attached hydrogens (tertiary/aromatic N) is 4. The van der Waals surface area contributed by atoms with E-state index in [2.05, 4.69) is 0 Å². The molecule has 0 atom stereocenters. The standard InChI is InChI=1S/C16H22N4O4S/c1-4-25(23,24)20-9-7-19(8-10-20)15(21)12-5-6-13-14(11-12)18(3)16(22)17(13)2/h5-6,11H,4,7-10H2,1-3H3. The third kappa shape index (κ3) is 2.98. The van der Waals surface area contributed by atoms with Gasteiger partial charge in [0.15, 0.2) is 0 Å². The van der Waals surface area contributed by atoms with Crippen LogP contribution in [0.3, 0.4) is 0 Å². The molecule has 0 radical (unpaired) electrons. The van der Waals surface area contributed by atoms with Gasteiger partial charge in [0.05, 0.1) is 16.8 Å². The van der Waals surface area contributed by atoms with Gasteiger partial charge in [-0.15, -0.1) is 0 Å². The second-order valence-electron chi connectivity index (χ2n) is 6.20. The number of rotatable bonds is 3. The van der Waals surface area contributed by atoms with Crippen molar-refractivity contribution < 1.29 is 13.2 Å². The maximum Gasteiger partial charge on any atom is 0.328 e. The quantitative estimate of drug-likeness (QED) is 0.764. The van der Waals surface area contributed by atoms with Crippen molar-refractivity contribution in [3.05, 3.63) is 34.2 Å². The first-order chi connectivity index (χ1) is 11.8. The molecule has 1 aromatic carbocycles. The van der Waals surface area contributed by atoms with Gasteiger partial charge in [0.25, 0.3) is 5.91 Å². The molecule has 0 unspecified atom stereocenters. The van der Waals surface area contributed by atoms with Crippen molar-refractivity contribution in [1.29, 1.82) is 0 Å². The minimum absolute atomic E-state index is 0.0691. The van der Waals surface area contributed by atoms with Gasteiger partial charge < -0.3 is 4.90 Å². The minimum atomic E-state index is -3.22. The largest absolute Gasteiger partial charge is 0.336 e. The maximum atomic E-state index is 12.7. The molecule has 1 aromatic heterocycles. The van der Waals surface area contributed by atoms with Crippen LogP contribution in [0.4, 0.5) is 0 Å². The zero-order valence-corrected chi connectivity index (χ0v) is 15.4. The highest BCUT2D eigenvalue weighted by Crippen LogP contribution is 2.17.